The third-order valence-corrected chi connectivity index (χ3v) is 4.45. The fraction of sp³-hybridized carbons (Fsp3) is 0.600. The van der Waals surface area contributed by atoms with Gasteiger partial charge < -0.3 is 9.55 Å². The van der Waals surface area contributed by atoms with Crippen molar-refractivity contribution >= 4 is 23.4 Å². The number of nitrogens with one attached hydrogen (secondary N) is 1. The SMILES string of the molecule is CCCc1nn(C)c2c1[nH]c(=S)n2CC1CC=CCC1. The summed E-state index contributed by atoms with van der Waals surface area (Å²) >= 11 is 5.53. The lowest BCUT2D eigenvalue weighted by molar-refractivity contribution is 0.410. The van der Waals surface area contributed by atoms with Gasteiger partial charge in [-0.3, -0.25) is 4.68 Å². The molecule has 2 heterocycles. The van der Waals surface area contributed by atoms with Crippen LogP contribution in [0.3, 0.4) is 0 Å². The monoisotopic (exact) mass is 290 g/mol. The third-order valence-electron chi connectivity index (χ3n) is 4.13. The van der Waals surface area contributed by atoms with Gasteiger partial charge in [-0.1, -0.05) is 25.5 Å². The number of imidazole rings is 1. The van der Waals surface area contributed by atoms with Gasteiger partial charge in [-0.2, -0.15) is 5.10 Å². The summed E-state index contributed by atoms with van der Waals surface area (Å²) in [6.45, 7) is 3.18. The van der Waals surface area contributed by atoms with Crippen molar-refractivity contribution in [3.05, 3.63) is 22.6 Å². The summed E-state index contributed by atoms with van der Waals surface area (Å²) in [7, 11) is 2.02. The molecule has 0 saturated carbocycles. The molecule has 20 heavy (non-hydrogen) atoms. The molecular weight excluding hydrogens is 268 g/mol. The second-order valence-corrected chi connectivity index (χ2v) is 6.10. The number of aryl methyl sites for hydroxylation is 2. The average Bonchev–Trinajstić information content (AvgIpc) is 2.91. The number of fused-ring (bicyclic) bond motifs is 1. The molecule has 0 amide bonds. The summed E-state index contributed by atoms with van der Waals surface area (Å²) < 4.78 is 5.05. The maximum atomic E-state index is 5.53. The van der Waals surface area contributed by atoms with Crippen molar-refractivity contribution in [2.45, 2.75) is 45.6 Å². The molecule has 4 nitrogen and oxygen atoms in total. The van der Waals surface area contributed by atoms with Crippen LogP contribution in [0, 0.1) is 10.7 Å². The number of H-pyrrole nitrogens is 1. The Balaban J connectivity index is 1.99. The first-order chi connectivity index (χ1) is 9.70. The smallest absolute Gasteiger partial charge is 0.179 e. The number of nitrogens with zero attached hydrogens (tertiary/aromatic N) is 3. The molecule has 0 aliphatic heterocycles. The second-order valence-electron chi connectivity index (χ2n) is 5.71. The van der Waals surface area contributed by atoms with Crippen molar-refractivity contribution in [2.75, 3.05) is 0 Å². The molecule has 1 N–H and O–H groups in total. The van der Waals surface area contributed by atoms with E-state index in [0.29, 0.717) is 5.92 Å². The molecule has 0 radical (unpaired) electrons. The average molecular weight is 290 g/mol. The lowest BCUT2D eigenvalue weighted by Gasteiger charge is -2.18. The highest BCUT2D eigenvalue weighted by Gasteiger charge is 2.18. The standard InChI is InChI=1S/C15H22N4S/c1-3-7-12-13-14(18(2)17-12)19(15(20)16-13)10-11-8-5-4-6-9-11/h4-5,11H,3,6-10H2,1-2H3,(H,16,20). The highest BCUT2D eigenvalue weighted by Crippen LogP contribution is 2.24. The number of aromatic amines is 1. The van der Waals surface area contributed by atoms with Crippen molar-refractivity contribution < 1.29 is 0 Å². The Morgan fingerprint density at radius 1 is 1.45 bits per heavy atom. The van der Waals surface area contributed by atoms with Gasteiger partial charge in [0.25, 0.3) is 0 Å². The van der Waals surface area contributed by atoms with Gasteiger partial charge in [0.05, 0.1) is 5.69 Å². The molecule has 0 fully saturated rings. The van der Waals surface area contributed by atoms with E-state index in [1.165, 1.54) is 12.8 Å². The van der Waals surface area contributed by atoms with Crippen LogP contribution in [-0.4, -0.2) is 19.3 Å². The van der Waals surface area contributed by atoms with Crippen LogP contribution in [0.1, 0.15) is 38.3 Å². The molecule has 0 saturated heterocycles. The minimum Gasteiger partial charge on any atom is -0.328 e. The van der Waals surface area contributed by atoms with Crippen molar-refractivity contribution in [1.29, 1.82) is 0 Å². The first kappa shape index (κ1) is 13.6. The summed E-state index contributed by atoms with van der Waals surface area (Å²) in [6.07, 6.45) is 10.3. The van der Waals surface area contributed by atoms with Crippen molar-refractivity contribution in [3.63, 3.8) is 0 Å². The van der Waals surface area contributed by atoms with Crippen molar-refractivity contribution in [2.24, 2.45) is 13.0 Å². The molecule has 1 aliphatic carbocycles. The number of aromatic nitrogens is 4. The van der Waals surface area contributed by atoms with Gasteiger partial charge in [0.15, 0.2) is 10.4 Å². The summed E-state index contributed by atoms with van der Waals surface area (Å²) in [6, 6.07) is 0. The number of hydrogen-bond donors (Lipinski definition) is 1. The van der Waals surface area contributed by atoms with E-state index < -0.39 is 0 Å². The predicted molar refractivity (Wildman–Crippen MR) is 84.4 cm³/mol. The summed E-state index contributed by atoms with van der Waals surface area (Å²) in [4.78, 5) is 3.37. The lowest BCUT2D eigenvalue weighted by Crippen LogP contribution is -2.13. The zero-order valence-corrected chi connectivity index (χ0v) is 13.0. The summed E-state index contributed by atoms with van der Waals surface area (Å²) in [5.74, 6) is 0.690. The number of allylic oxidation sites excluding steroid dienone is 2. The largest absolute Gasteiger partial charge is 0.328 e. The molecule has 1 aliphatic rings. The quantitative estimate of drug-likeness (QED) is 0.688. The van der Waals surface area contributed by atoms with Gasteiger partial charge in [0, 0.05) is 13.6 Å². The van der Waals surface area contributed by atoms with Crippen LogP contribution >= 0.6 is 12.2 Å². The maximum absolute atomic E-state index is 5.53. The van der Waals surface area contributed by atoms with E-state index in [4.69, 9.17) is 12.2 Å². The highest BCUT2D eigenvalue weighted by molar-refractivity contribution is 7.71. The number of rotatable bonds is 4. The lowest BCUT2D eigenvalue weighted by atomic mass is 9.94. The van der Waals surface area contributed by atoms with Gasteiger partial charge in [0.2, 0.25) is 0 Å². The topological polar surface area (TPSA) is 38.5 Å². The Morgan fingerprint density at radius 2 is 2.30 bits per heavy atom. The second kappa shape index (κ2) is 5.56. The van der Waals surface area contributed by atoms with Gasteiger partial charge in [0.1, 0.15) is 5.52 Å². The van der Waals surface area contributed by atoms with Crippen LogP contribution in [0.25, 0.3) is 11.2 Å². The fourth-order valence-corrected chi connectivity index (χ4v) is 3.40. The fourth-order valence-electron chi connectivity index (χ4n) is 3.14. The Hall–Kier alpha value is -1.36. The zero-order valence-electron chi connectivity index (χ0n) is 12.2. The highest BCUT2D eigenvalue weighted by atomic mass is 32.1. The van der Waals surface area contributed by atoms with Crippen LogP contribution in [0.15, 0.2) is 12.2 Å². The van der Waals surface area contributed by atoms with Crippen LogP contribution in [0.4, 0.5) is 0 Å². The zero-order chi connectivity index (χ0) is 14.1. The molecule has 108 valence electrons. The van der Waals surface area contributed by atoms with Gasteiger partial charge in [-0.05, 0) is 43.8 Å². The molecular formula is C15H22N4S. The normalized spacial score (nSPS) is 19.0. The van der Waals surface area contributed by atoms with Crippen molar-refractivity contribution in [3.8, 4) is 0 Å². The molecule has 1 atom stereocenters. The molecule has 0 aromatic carbocycles. The molecule has 1 unspecified atom stereocenters. The number of hydrogen-bond acceptors (Lipinski definition) is 2. The summed E-state index contributed by atoms with van der Waals surface area (Å²) in [5, 5.41) is 4.64. The molecule has 0 spiro atoms. The molecule has 5 heteroatoms. The Bertz CT molecular complexity index is 689. The molecule has 0 bridgehead atoms. The van der Waals surface area contributed by atoms with Crippen LogP contribution in [0.2, 0.25) is 0 Å². The van der Waals surface area contributed by atoms with E-state index in [0.717, 1.165) is 47.4 Å². The molecule has 2 aromatic heterocycles. The van der Waals surface area contributed by atoms with Gasteiger partial charge in [-0.15, -0.1) is 0 Å². The maximum Gasteiger partial charge on any atom is 0.179 e. The van der Waals surface area contributed by atoms with Crippen LogP contribution in [0.5, 0.6) is 0 Å². The minimum atomic E-state index is 0.690. The summed E-state index contributed by atoms with van der Waals surface area (Å²) in [5.41, 5.74) is 3.41. The van der Waals surface area contributed by atoms with E-state index in [1.54, 1.807) is 0 Å². The van der Waals surface area contributed by atoms with E-state index >= 15 is 0 Å². The first-order valence-electron chi connectivity index (χ1n) is 7.50. The van der Waals surface area contributed by atoms with Crippen LogP contribution in [-0.2, 0) is 20.0 Å². The van der Waals surface area contributed by atoms with E-state index in [2.05, 4.69) is 33.7 Å². The Morgan fingerprint density at radius 3 is 3.00 bits per heavy atom. The molecule has 2 aromatic rings. The van der Waals surface area contributed by atoms with E-state index in [9.17, 15) is 0 Å². The van der Waals surface area contributed by atoms with Crippen LogP contribution < -0.4 is 0 Å². The Labute approximate surface area is 124 Å². The van der Waals surface area contributed by atoms with Gasteiger partial charge in [-0.25, -0.2) is 0 Å². The molecule has 3 rings (SSSR count). The van der Waals surface area contributed by atoms with E-state index in [1.807, 2.05) is 11.7 Å². The van der Waals surface area contributed by atoms with Crippen molar-refractivity contribution in [1.82, 2.24) is 19.3 Å². The van der Waals surface area contributed by atoms with Gasteiger partial charge >= 0.3 is 0 Å². The minimum absolute atomic E-state index is 0.690. The van der Waals surface area contributed by atoms with E-state index in [-0.39, 0.29) is 0 Å². The third kappa shape index (κ3) is 2.35. The Kier molecular flexibility index (Phi) is 3.78. The predicted octanol–water partition coefficient (Wildman–Crippen LogP) is 3.74. The first-order valence-corrected chi connectivity index (χ1v) is 7.91.